The highest BCUT2D eigenvalue weighted by molar-refractivity contribution is 8.00. The first kappa shape index (κ1) is 14.9. The molecule has 3 rings (SSSR count). The number of Topliss-reactive ketones (excluding diaryl/α,β-unsaturated/α-hetero) is 1. The Morgan fingerprint density at radius 2 is 1.86 bits per heavy atom. The lowest BCUT2D eigenvalue weighted by molar-refractivity contribution is -0.137. The van der Waals surface area contributed by atoms with Gasteiger partial charge in [-0.15, -0.1) is 0 Å². The maximum absolute atomic E-state index is 12.7. The van der Waals surface area contributed by atoms with E-state index < -0.39 is 11.7 Å². The third-order valence-corrected chi connectivity index (χ3v) is 5.88. The molecule has 6 heteroatoms. The van der Waals surface area contributed by atoms with Crippen molar-refractivity contribution >= 4 is 17.5 Å². The van der Waals surface area contributed by atoms with Crippen molar-refractivity contribution in [2.75, 3.05) is 0 Å². The Labute approximate surface area is 125 Å². The number of fused-ring (bicyclic) bond motifs is 2. The minimum Gasteiger partial charge on any atom is -0.294 e. The first-order chi connectivity index (χ1) is 9.93. The number of hydrogen-bond donors (Lipinski definition) is 0. The van der Waals surface area contributed by atoms with Crippen molar-refractivity contribution in [3.63, 3.8) is 0 Å². The average molecular weight is 315 g/mol. The van der Waals surface area contributed by atoms with E-state index in [0.29, 0.717) is 10.5 Å². The summed E-state index contributed by atoms with van der Waals surface area (Å²) in [5, 5.41) is 0.982. The minimum absolute atomic E-state index is 0.0970. The molecule has 0 spiro atoms. The molecule has 2 unspecified atom stereocenters. The monoisotopic (exact) mass is 315 g/mol. The van der Waals surface area contributed by atoms with E-state index in [1.54, 1.807) is 0 Å². The molecule has 2 fully saturated rings. The fraction of sp³-hybridized carbons (Fsp3) is 0.600. The van der Waals surface area contributed by atoms with Gasteiger partial charge in [-0.2, -0.15) is 24.9 Å². The standard InChI is InChI=1S/C15H16F3NOS/c16-15(17,18)11-4-10(7-19-8-11)14(20)9-5-12-2-1-3-13(6-9)21-12/h4,7-9,12-13H,1-3,5-6H2. The predicted molar refractivity (Wildman–Crippen MR) is 75.3 cm³/mol. The second kappa shape index (κ2) is 5.63. The first-order valence-electron chi connectivity index (χ1n) is 7.15. The van der Waals surface area contributed by atoms with Crippen molar-refractivity contribution in [2.45, 2.75) is 48.8 Å². The number of pyridine rings is 1. The lowest BCUT2D eigenvalue weighted by atomic mass is 9.84. The molecule has 2 aliphatic heterocycles. The normalized spacial score (nSPS) is 29.2. The molecule has 0 N–H and O–H groups in total. The minimum atomic E-state index is -4.46. The molecular formula is C15H16F3NOS. The fourth-order valence-corrected chi connectivity index (χ4v) is 5.08. The van der Waals surface area contributed by atoms with Gasteiger partial charge in [-0.05, 0) is 31.7 Å². The lowest BCUT2D eigenvalue weighted by Gasteiger charge is -2.37. The van der Waals surface area contributed by atoms with E-state index in [1.165, 1.54) is 12.6 Å². The summed E-state index contributed by atoms with van der Waals surface area (Å²) in [5.41, 5.74) is -0.751. The van der Waals surface area contributed by atoms with E-state index in [9.17, 15) is 18.0 Å². The summed E-state index contributed by atoms with van der Waals surface area (Å²) in [5.74, 6) is -0.322. The second-order valence-electron chi connectivity index (χ2n) is 5.80. The van der Waals surface area contributed by atoms with Crippen LogP contribution in [0.2, 0.25) is 0 Å². The van der Waals surface area contributed by atoms with Crippen LogP contribution < -0.4 is 0 Å². The van der Waals surface area contributed by atoms with Crippen LogP contribution in [0.25, 0.3) is 0 Å². The largest absolute Gasteiger partial charge is 0.417 e. The number of thioether (sulfide) groups is 1. The molecule has 2 atom stereocenters. The molecule has 0 aromatic carbocycles. The van der Waals surface area contributed by atoms with Crippen LogP contribution in [0.15, 0.2) is 18.5 Å². The Kier molecular flexibility index (Phi) is 3.99. The number of ketones is 1. The molecule has 0 amide bonds. The van der Waals surface area contributed by atoms with E-state index in [-0.39, 0.29) is 17.3 Å². The van der Waals surface area contributed by atoms with Crippen molar-refractivity contribution in [1.29, 1.82) is 0 Å². The third-order valence-electron chi connectivity index (χ3n) is 4.25. The van der Waals surface area contributed by atoms with E-state index in [1.807, 2.05) is 11.8 Å². The highest BCUT2D eigenvalue weighted by atomic mass is 32.2. The van der Waals surface area contributed by atoms with Crippen LogP contribution in [-0.4, -0.2) is 21.3 Å². The van der Waals surface area contributed by atoms with E-state index in [2.05, 4.69) is 4.98 Å². The van der Waals surface area contributed by atoms with Gasteiger partial charge in [0.1, 0.15) is 0 Å². The molecule has 1 aromatic rings. The van der Waals surface area contributed by atoms with Gasteiger partial charge in [0, 0.05) is 34.4 Å². The topological polar surface area (TPSA) is 30.0 Å². The van der Waals surface area contributed by atoms with Crippen LogP contribution in [0.1, 0.15) is 48.0 Å². The van der Waals surface area contributed by atoms with Crippen LogP contribution in [0.3, 0.4) is 0 Å². The van der Waals surface area contributed by atoms with Crippen LogP contribution in [0, 0.1) is 5.92 Å². The van der Waals surface area contributed by atoms with Crippen molar-refractivity contribution in [1.82, 2.24) is 4.98 Å². The molecule has 0 saturated carbocycles. The molecule has 2 nitrogen and oxygen atoms in total. The maximum Gasteiger partial charge on any atom is 0.417 e. The summed E-state index contributed by atoms with van der Waals surface area (Å²) in [6, 6.07) is 0.937. The molecule has 2 aliphatic rings. The van der Waals surface area contributed by atoms with E-state index in [4.69, 9.17) is 0 Å². The zero-order valence-corrected chi connectivity index (χ0v) is 12.2. The number of aromatic nitrogens is 1. The Balaban J connectivity index is 1.79. The highest BCUT2D eigenvalue weighted by Crippen LogP contribution is 2.44. The number of halogens is 3. The van der Waals surface area contributed by atoms with Crippen molar-refractivity contribution in [3.05, 3.63) is 29.6 Å². The van der Waals surface area contributed by atoms with Gasteiger partial charge in [-0.3, -0.25) is 9.78 Å². The van der Waals surface area contributed by atoms with E-state index in [0.717, 1.165) is 37.9 Å². The third kappa shape index (κ3) is 3.25. The number of hydrogen-bond acceptors (Lipinski definition) is 3. The number of alkyl halides is 3. The Bertz CT molecular complexity index is 534. The van der Waals surface area contributed by atoms with Crippen molar-refractivity contribution < 1.29 is 18.0 Å². The Hall–Kier alpha value is -1.04. The molecule has 1 aromatic heterocycles. The van der Waals surface area contributed by atoms with Crippen LogP contribution in [0.5, 0.6) is 0 Å². The van der Waals surface area contributed by atoms with Crippen molar-refractivity contribution in [3.8, 4) is 0 Å². The van der Waals surface area contributed by atoms with Gasteiger partial charge in [0.25, 0.3) is 0 Å². The molecule has 0 radical (unpaired) electrons. The highest BCUT2D eigenvalue weighted by Gasteiger charge is 2.37. The molecule has 3 heterocycles. The molecule has 2 saturated heterocycles. The Morgan fingerprint density at radius 3 is 2.48 bits per heavy atom. The maximum atomic E-state index is 12.7. The summed E-state index contributed by atoms with van der Waals surface area (Å²) in [6.45, 7) is 0. The summed E-state index contributed by atoms with van der Waals surface area (Å²) in [4.78, 5) is 16.1. The predicted octanol–water partition coefficient (Wildman–Crippen LogP) is 4.35. The average Bonchev–Trinajstić information content (AvgIpc) is 2.45. The van der Waals surface area contributed by atoms with Gasteiger partial charge >= 0.3 is 6.18 Å². The smallest absolute Gasteiger partial charge is 0.294 e. The van der Waals surface area contributed by atoms with E-state index >= 15 is 0 Å². The number of carbonyl (C=O) groups excluding carboxylic acids is 1. The summed E-state index contributed by atoms with van der Waals surface area (Å²) >= 11 is 1.95. The van der Waals surface area contributed by atoms with Crippen LogP contribution >= 0.6 is 11.8 Å². The quantitative estimate of drug-likeness (QED) is 0.760. The zero-order valence-electron chi connectivity index (χ0n) is 11.4. The fourth-order valence-electron chi connectivity index (χ4n) is 3.24. The number of carbonyl (C=O) groups is 1. The van der Waals surface area contributed by atoms with Crippen molar-refractivity contribution in [2.24, 2.45) is 5.92 Å². The summed E-state index contributed by atoms with van der Waals surface area (Å²) in [6.07, 6.45) is 2.58. The lowest BCUT2D eigenvalue weighted by Crippen LogP contribution is -2.33. The van der Waals surface area contributed by atoms with Gasteiger partial charge in [0.15, 0.2) is 5.78 Å². The van der Waals surface area contributed by atoms with Gasteiger partial charge in [0.2, 0.25) is 0 Å². The molecule has 2 bridgehead atoms. The van der Waals surface area contributed by atoms with Gasteiger partial charge in [0.05, 0.1) is 5.56 Å². The molecule has 0 aliphatic carbocycles. The number of rotatable bonds is 2. The van der Waals surface area contributed by atoms with Crippen LogP contribution in [0.4, 0.5) is 13.2 Å². The molecule has 21 heavy (non-hydrogen) atoms. The molecule has 114 valence electrons. The Morgan fingerprint density at radius 1 is 1.19 bits per heavy atom. The zero-order chi connectivity index (χ0) is 15.0. The van der Waals surface area contributed by atoms with Gasteiger partial charge < -0.3 is 0 Å². The molecular weight excluding hydrogens is 299 g/mol. The van der Waals surface area contributed by atoms with Gasteiger partial charge in [-0.1, -0.05) is 6.42 Å². The summed E-state index contributed by atoms with van der Waals surface area (Å²) in [7, 11) is 0. The summed E-state index contributed by atoms with van der Waals surface area (Å²) < 4.78 is 38.1. The number of nitrogens with zero attached hydrogens (tertiary/aromatic N) is 1. The second-order valence-corrected chi connectivity index (χ2v) is 7.41. The SMILES string of the molecule is O=C(c1cncc(C(F)(F)F)c1)C1CC2CCCC(C1)S2. The first-order valence-corrected chi connectivity index (χ1v) is 8.09. The van der Waals surface area contributed by atoms with Crippen LogP contribution in [-0.2, 0) is 6.18 Å². The van der Waals surface area contributed by atoms with Gasteiger partial charge in [-0.25, -0.2) is 0 Å².